The van der Waals surface area contributed by atoms with Gasteiger partial charge in [-0.25, -0.2) is 5.43 Å². The molecule has 2 aromatic carbocycles. The molecule has 2 aromatic rings. The highest BCUT2D eigenvalue weighted by molar-refractivity contribution is 5.95. The molecule has 0 aliphatic rings. The van der Waals surface area contributed by atoms with Crippen LogP contribution in [-0.2, 0) is 6.42 Å². The van der Waals surface area contributed by atoms with Gasteiger partial charge in [0.25, 0.3) is 5.91 Å². The Morgan fingerprint density at radius 1 is 1.19 bits per heavy atom. The molecule has 0 unspecified atom stereocenters. The van der Waals surface area contributed by atoms with Crippen LogP contribution in [0.15, 0.2) is 47.6 Å². The summed E-state index contributed by atoms with van der Waals surface area (Å²) in [6, 6.07) is 13.6. The number of aliphatic hydroxyl groups is 1. The first kappa shape index (κ1) is 19.7. The van der Waals surface area contributed by atoms with Crippen molar-refractivity contribution in [2.24, 2.45) is 5.10 Å². The molecule has 1 amide bonds. The van der Waals surface area contributed by atoms with E-state index in [2.05, 4.69) is 35.3 Å². The fraction of sp³-hybridized carbons (Fsp3) is 0.333. The van der Waals surface area contributed by atoms with Gasteiger partial charge in [-0.05, 0) is 61.2 Å². The van der Waals surface area contributed by atoms with Gasteiger partial charge in [-0.15, -0.1) is 0 Å². The molecule has 26 heavy (non-hydrogen) atoms. The third kappa shape index (κ3) is 5.17. The minimum Gasteiger partial charge on any atom is -0.395 e. The van der Waals surface area contributed by atoms with Crippen molar-refractivity contribution >= 4 is 17.8 Å². The van der Waals surface area contributed by atoms with E-state index in [0.717, 1.165) is 29.8 Å². The fourth-order valence-electron chi connectivity index (χ4n) is 2.71. The van der Waals surface area contributed by atoms with Gasteiger partial charge in [-0.2, -0.15) is 5.10 Å². The minimum atomic E-state index is -0.224. The highest BCUT2D eigenvalue weighted by Gasteiger charge is 2.06. The number of aryl methyl sites for hydroxylation is 2. The molecule has 0 aliphatic carbocycles. The molecule has 0 bridgehead atoms. The molecule has 0 saturated carbocycles. The van der Waals surface area contributed by atoms with Gasteiger partial charge in [0.1, 0.15) is 0 Å². The number of hydrogen-bond donors (Lipinski definition) is 2. The Kier molecular flexibility index (Phi) is 7.36. The van der Waals surface area contributed by atoms with Crippen molar-refractivity contribution in [2.45, 2.75) is 27.2 Å². The summed E-state index contributed by atoms with van der Waals surface area (Å²) in [5.74, 6) is -0.224. The summed E-state index contributed by atoms with van der Waals surface area (Å²) in [5, 5.41) is 13.2. The van der Waals surface area contributed by atoms with Gasteiger partial charge in [-0.1, -0.05) is 25.1 Å². The Hall–Kier alpha value is -2.66. The van der Waals surface area contributed by atoms with Crippen molar-refractivity contribution < 1.29 is 9.90 Å². The van der Waals surface area contributed by atoms with E-state index in [1.807, 2.05) is 43.3 Å². The fourth-order valence-corrected chi connectivity index (χ4v) is 2.71. The first-order valence-corrected chi connectivity index (χ1v) is 8.97. The predicted octanol–water partition coefficient (Wildman–Crippen LogP) is 3.14. The molecule has 0 fully saturated rings. The smallest absolute Gasteiger partial charge is 0.271 e. The number of nitrogens with zero attached hydrogens (tertiary/aromatic N) is 2. The number of aliphatic hydroxyl groups excluding tert-OH is 1. The third-order valence-corrected chi connectivity index (χ3v) is 4.36. The van der Waals surface area contributed by atoms with Gasteiger partial charge in [0.15, 0.2) is 0 Å². The number of likely N-dealkylation sites (N-methyl/N-ethyl adjacent to an activating group) is 1. The normalized spacial score (nSPS) is 10.9. The summed E-state index contributed by atoms with van der Waals surface area (Å²) >= 11 is 0. The summed E-state index contributed by atoms with van der Waals surface area (Å²) in [4.78, 5) is 14.2. The Bertz CT molecular complexity index is 754. The molecule has 0 aliphatic heterocycles. The summed E-state index contributed by atoms with van der Waals surface area (Å²) in [6.45, 7) is 7.71. The van der Waals surface area contributed by atoms with Crippen LogP contribution in [0.1, 0.15) is 40.9 Å². The van der Waals surface area contributed by atoms with Crippen molar-refractivity contribution in [1.29, 1.82) is 0 Å². The minimum absolute atomic E-state index is 0.126. The maximum atomic E-state index is 12.1. The summed E-state index contributed by atoms with van der Waals surface area (Å²) in [5.41, 5.74) is 7.42. The van der Waals surface area contributed by atoms with Crippen molar-refractivity contribution in [1.82, 2.24) is 5.43 Å². The zero-order valence-corrected chi connectivity index (χ0v) is 15.7. The molecule has 0 spiro atoms. The van der Waals surface area contributed by atoms with E-state index in [1.165, 1.54) is 5.56 Å². The second-order valence-corrected chi connectivity index (χ2v) is 6.09. The molecule has 5 nitrogen and oxygen atoms in total. The molecule has 2 N–H and O–H groups in total. The lowest BCUT2D eigenvalue weighted by atomic mass is 10.1. The van der Waals surface area contributed by atoms with Crippen molar-refractivity contribution in [3.8, 4) is 0 Å². The van der Waals surface area contributed by atoms with E-state index in [0.29, 0.717) is 12.1 Å². The number of anilines is 1. The van der Waals surface area contributed by atoms with Crippen molar-refractivity contribution in [3.63, 3.8) is 0 Å². The lowest BCUT2D eigenvalue weighted by Crippen LogP contribution is -2.26. The number of hydrogen-bond acceptors (Lipinski definition) is 4. The highest BCUT2D eigenvalue weighted by Crippen LogP contribution is 2.18. The Labute approximate surface area is 155 Å². The lowest BCUT2D eigenvalue weighted by Gasteiger charge is -2.22. The van der Waals surface area contributed by atoms with E-state index in [-0.39, 0.29) is 12.5 Å². The highest BCUT2D eigenvalue weighted by atomic mass is 16.3. The summed E-state index contributed by atoms with van der Waals surface area (Å²) < 4.78 is 0. The van der Waals surface area contributed by atoms with E-state index in [1.54, 1.807) is 6.21 Å². The average Bonchev–Trinajstić information content (AvgIpc) is 2.67. The molecule has 138 valence electrons. The van der Waals surface area contributed by atoms with Gasteiger partial charge in [0, 0.05) is 24.3 Å². The maximum Gasteiger partial charge on any atom is 0.271 e. The third-order valence-electron chi connectivity index (χ3n) is 4.36. The Morgan fingerprint density at radius 3 is 2.50 bits per heavy atom. The number of carbonyl (C=O) groups excluding carboxylic acids is 1. The first-order valence-electron chi connectivity index (χ1n) is 8.97. The van der Waals surface area contributed by atoms with E-state index < -0.39 is 0 Å². The number of carbonyl (C=O) groups is 1. The van der Waals surface area contributed by atoms with Gasteiger partial charge < -0.3 is 10.0 Å². The Balaban J connectivity index is 2.02. The van der Waals surface area contributed by atoms with Crippen LogP contribution in [0.5, 0.6) is 0 Å². The second kappa shape index (κ2) is 9.73. The first-order chi connectivity index (χ1) is 12.6. The Morgan fingerprint density at radius 2 is 1.92 bits per heavy atom. The zero-order chi connectivity index (χ0) is 18.9. The summed E-state index contributed by atoms with van der Waals surface area (Å²) in [7, 11) is 0. The molecule has 5 heteroatoms. The lowest BCUT2D eigenvalue weighted by molar-refractivity contribution is 0.0955. The molecule has 0 heterocycles. The van der Waals surface area contributed by atoms with Gasteiger partial charge in [-0.3, -0.25) is 4.79 Å². The van der Waals surface area contributed by atoms with Crippen LogP contribution in [0, 0.1) is 6.92 Å². The van der Waals surface area contributed by atoms with Crippen molar-refractivity contribution in [2.75, 3.05) is 24.6 Å². The van der Waals surface area contributed by atoms with E-state index in [4.69, 9.17) is 5.11 Å². The van der Waals surface area contributed by atoms with Gasteiger partial charge in [0.2, 0.25) is 0 Å². The largest absolute Gasteiger partial charge is 0.395 e. The van der Waals surface area contributed by atoms with E-state index in [9.17, 15) is 4.79 Å². The number of hydrazone groups is 1. The molecule has 2 rings (SSSR count). The molecule has 0 aromatic heterocycles. The average molecular weight is 353 g/mol. The molecular formula is C21H27N3O2. The molecule has 0 radical (unpaired) electrons. The van der Waals surface area contributed by atoms with Crippen LogP contribution < -0.4 is 10.3 Å². The standard InChI is InChI=1S/C21H27N3O2/c1-4-17-6-8-18(9-7-17)21(26)23-22-15-19-10-11-20(14-16(19)3)24(5-2)12-13-25/h6-11,14-15,25H,4-5,12-13H2,1-3H3,(H,23,26)/b22-15-. The molecule has 0 atom stereocenters. The zero-order valence-electron chi connectivity index (χ0n) is 15.7. The van der Waals surface area contributed by atoms with Crippen LogP contribution in [0.3, 0.4) is 0 Å². The molecular weight excluding hydrogens is 326 g/mol. The SMILES string of the molecule is CCc1ccc(C(=O)N/N=C\c2ccc(N(CC)CCO)cc2C)cc1. The van der Waals surface area contributed by atoms with Gasteiger partial charge >= 0.3 is 0 Å². The number of amides is 1. The monoisotopic (exact) mass is 353 g/mol. The van der Waals surface area contributed by atoms with E-state index >= 15 is 0 Å². The van der Waals surface area contributed by atoms with Crippen LogP contribution in [0.25, 0.3) is 0 Å². The van der Waals surface area contributed by atoms with Crippen LogP contribution >= 0.6 is 0 Å². The predicted molar refractivity (Wildman–Crippen MR) is 107 cm³/mol. The van der Waals surface area contributed by atoms with Crippen molar-refractivity contribution in [3.05, 3.63) is 64.7 Å². The van der Waals surface area contributed by atoms with Crippen LogP contribution in [0.4, 0.5) is 5.69 Å². The molecule has 0 saturated heterocycles. The number of nitrogens with one attached hydrogen (secondary N) is 1. The number of benzene rings is 2. The number of rotatable bonds is 8. The summed E-state index contributed by atoms with van der Waals surface area (Å²) in [6.07, 6.45) is 2.60. The topological polar surface area (TPSA) is 64.9 Å². The second-order valence-electron chi connectivity index (χ2n) is 6.09. The van der Waals surface area contributed by atoms with Gasteiger partial charge in [0.05, 0.1) is 12.8 Å². The quantitative estimate of drug-likeness (QED) is 0.566. The maximum absolute atomic E-state index is 12.1. The van der Waals surface area contributed by atoms with Crippen LogP contribution in [0.2, 0.25) is 0 Å². The van der Waals surface area contributed by atoms with Crippen LogP contribution in [-0.4, -0.2) is 36.9 Å².